The number of aromatic nitrogens is 2. The summed E-state index contributed by atoms with van der Waals surface area (Å²) in [6, 6.07) is 6.98. The number of hydrogen-bond donors (Lipinski definition) is 1. The van der Waals surface area contributed by atoms with E-state index in [1.165, 1.54) is 0 Å². The van der Waals surface area contributed by atoms with E-state index in [0.29, 0.717) is 48.5 Å². The van der Waals surface area contributed by atoms with Crippen molar-refractivity contribution in [3.05, 3.63) is 51.3 Å². The molecule has 0 unspecified atom stereocenters. The van der Waals surface area contributed by atoms with Gasteiger partial charge in [0.1, 0.15) is 6.61 Å². The number of hydrogen-bond acceptors (Lipinski definition) is 5. The van der Waals surface area contributed by atoms with E-state index in [2.05, 4.69) is 5.10 Å². The zero-order valence-corrected chi connectivity index (χ0v) is 18.6. The van der Waals surface area contributed by atoms with Crippen LogP contribution < -0.4 is 5.73 Å². The number of piperidine rings is 1. The van der Waals surface area contributed by atoms with Crippen LogP contribution in [0.15, 0.2) is 24.3 Å². The Bertz CT molecular complexity index is 952. The number of carbonyl (C=O) groups excluding carboxylic acids is 2. The maximum absolute atomic E-state index is 12.8. The van der Waals surface area contributed by atoms with E-state index in [4.69, 9.17) is 33.7 Å². The Hall–Kier alpha value is -2.29. The van der Waals surface area contributed by atoms with Gasteiger partial charge in [0.2, 0.25) is 0 Å². The van der Waals surface area contributed by atoms with Gasteiger partial charge in [-0.05, 0) is 49.1 Å². The van der Waals surface area contributed by atoms with E-state index in [9.17, 15) is 9.59 Å². The predicted molar refractivity (Wildman–Crippen MR) is 117 cm³/mol. The van der Waals surface area contributed by atoms with Gasteiger partial charge in [0.15, 0.2) is 5.69 Å². The third kappa shape index (κ3) is 5.31. The first-order valence-corrected chi connectivity index (χ1v) is 11.1. The van der Waals surface area contributed by atoms with Gasteiger partial charge >= 0.3 is 6.09 Å². The monoisotopic (exact) mass is 465 g/mol. The van der Waals surface area contributed by atoms with E-state index in [-0.39, 0.29) is 18.6 Å². The van der Waals surface area contributed by atoms with Crippen molar-refractivity contribution in [2.24, 2.45) is 5.73 Å². The van der Waals surface area contributed by atoms with Crippen LogP contribution in [0.5, 0.6) is 0 Å². The Morgan fingerprint density at radius 2 is 1.74 bits per heavy atom. The van der Waals surface area contributed by atoms with Gasteiger partial charge in [0.05, 0.1) is 12.2 Å². The quantitative estimate of drug-likeness (QED) is 0.750. The fourth-order valence-corrected chi connectivity index (χ4v) is 4.49. The molecule has 0 bridgehead atoms. The van der Waals surface area contributed by atoms with Crippen molar-refractivity contribution in [2.75, 3.05) is 19.6 Å². The van der Waals surface area contributed by atoms with E-state index in [0.717, 1.165) is 30.5 Å². The van der Waals surface area contributed by atoms with Gasteiger partial charge in [-0.2, -0.15) is 5.10 Å². The van der Waals surface area contributed by atoms with Gasteiger partial charge in [-0.15, -0.1) is 0 Å². The molecule has 8 nitrogen and oxygen atoms in total. The second-order valence-electron chi connectivity index (χ2n) is 7.98. The number of aryl methyl sites for hydroxylation is 1. The normalized spacial score (nSPS) is 17.3. The summed E-state index contributed by atoms with van der Waals surface area (Å²) in [5.74, 6) is -0.0839. The SMILES string of the molecule is NC1CCN(C(=O)c2cc3n(n2)CCCN(C(=O)OCc2cc(Cl)cc(Cl)c2)C3)CC1. The molecule has 0 radical (unpaired) electrons. The zero-order valence-electron chi connectivity index (χ0n) is 17.1. The highest BCUT2D eigenvalue weighted by Gasteiger charge is 2.27. The molecule has 0 atom stereocenters. The summed E-state index contributed by atoms with van der Waals surface area (Å²) >= 11 is 12.0. The third-order valence-corrected chi connectivity index (χ3v) is 6.04. The molecular weight excluding hydrogens is 441 g/mol. The average Bonchev–Trinajstić information content (AvgIpc) is 3.03. The Balaban J connectivity index is 1.39. The fraction of sp³-hybridized carbons (Fsp3) is 0.476. The predicted octanol–water partition coefficient (Wildman–Crippen LogP) is 3.30. The summed E-state index contributed by atoms with van der Waals surface area (Å²) in [6.07, 6.45) is 1.90. The summed E-state index contributed by atoms with van der Waals surface area (Å²) in [6.45, 7) is 2.89. The molecule has 1 aromatic carbocycles. The van der Waals surface area contributed by atoms with E-state index < -0.39 is 6.09 Å². The number of ether oxygens (including phenoxy) is 1. The lowest BCUT2D eigenvalue weighted by atomic mass is 10.1. The molecule has 10 heteroatoms. The van der Waals surface area contributed by atoms with Crippen LogP contribution in [0.4, 0.5) is 4.79 Å². The summed E-state index contributed by atoms with van der Waals surface area (Å²) in [7, 11) is 0. The number of nitrogens with two attached hydrogens (primary N) is 1. The summed E-state index contributed by atoms with van der Waals surface area (Å²) in [5.41, 5.74) is 7.88. The van der Waals surface area contributed by atoms with Crippen molar-refractivity contribution >= 4 is 35.2 Å². The Kier molecular flexibility index (Phi) is 6.69. The lowest BCUT2D eigenvalue weighted by Crippen LogP contribution is -2.43. The third-order valence-electron chi connectivity index (χ3n) is 5.60. The molecule has 1 saturated heterocycles. The topological polar surface area (TPSA) is 93.7 Å². The lowest BCUT2D eigenvalue weighted by molar-refractivity contribution is 0.0707. The zero-order chi connectivity index (χ0) is 22.0. The Morgan fingerprint density at radius 1 is 1.03 bits per heavy atom. The van der Waals surface area contributed by atoms with Crippen molar-refractivity contribution in [1.82, 2.24) is 19.6 Å². The van der Waals surface area contributed by atoms with Gasteiger partial charge in [0, 0.05) is 42.3 Å². The molecule has 0 saturated carbocycles. The van der Waals surface area contributed by atoms with Crippen molar-refractivity contribution in [2.45, 2.75) is 45.0 Å². The first kappa shape index (κ1) is 21.9. The van der Waals surface area contributed by atoms with Crippen molar-refractivity contribution in [3.63, 3.8) is 0 Å². The van der Waals surface area contributed by atoms with Gasteiger partial charge in [-0.25, -0.2) is 4.79 Å². The highest BCUT2D eigenvalue weighted by atomic mass is 35.5. The van der Waals surface area contributed by atoms with Gasteiger partial charge < -0.3 is 20.3 Å². The van der Waals surface area contributed by atoms with Crippen LogP contribution in [0.3, 0.4) is 0 Å². The molecular formula is C21H25Cl2N5O3. The smallest absolute Gasteiger partial charge is 0.410 e. The van der Waals surface area contributed by atoms with Gasteiger partial charge in [-0.3, -0.25) is 9.48 Å². The van der Waals surface area contributed by atoms with Crippen LogP contribution in [0, 0.1) is 0 Å². The molecule has 31 heavy (non-hydrogen) atoms. The van der Waals surface area contributed by atoms with E-state index in [1.54, 1.807) is 34.1 Å². The van der Waals surface area contributed by atoms with Gasteiger partial charge in [0.25, 0.3) is 5.91 Å². The molecule has 0 spiro atoms. The van der Waals surface area contributed by atoms with Crippen molar-refractivity contribution in [3.8, 4) is 0 Å². The Labute approximate surface area is 190 Å². The van der Waals surface area contributed by atoms with Crippen LogP contribution >= 0.6 is 23.2 Å². The molecule has 2 aliphatic rings. The Morgan fingerprint density at radius 3 is 2.45 bits per heavy atom. The number of rotatable bonds is 3. The van der Waals surface area contributed by atoms with Gasteiger partial charge in [-0.1, -0.05) is 23.2 Å². The molecule has 4 rings (SSSR count). The largest absolute Gasteiger partial charge is 0.445 e. The molecule has 166 valence electrons. The first-order chi connectivity index (χ1) is 14.9. The molecule has 1 fully saturated rings. The van der Waals surface area contributed by atoms with Crippen LogP contribution in [0.25, 0.3) is 0 Å². The van der Waals surface area contributed by atoms with Crippen molar-refractivity contribution < 1.29 is 14.3 Å². The molecule has 2 amide bonds. The lowest BCUT2D eigenvalue weighted by Gasteiger charge is -2.29. The number of amides is 2. The second kappa shape index (κ2) is 9.46. The standard InChI is InChI=1S/C21H25Cl2N5O3/c22-15-8-14(9-16(23)10-15)13-31-21(30)27-4-1-5-28-18(12-27)11-19(25-28)20(29)26-6-2-17(24)3-7-26/h8-11,17H,1-7,12-13,24H2. The highest BCUT2D eigenvalue weighted by Crippen LogP contribution is 2.21. The van der Waals surface area contributed by atoms with E-state index in [1.807, 2.05) is 4.68 Å². The van der Waals surface area contributed by atoms with Crippen LogP contribution in [-0.4, -0.2) is 57.3 Å². The summed E-state index contributed by atoms with van der Waals surface area (Å²) in [4.78, 5) is 28.9. The average molecular weight is 466 g/mol. The van der Waals surface area contributed by atoms with Crippen LogP contribution in [0.2, 0.25) is 10.0 Å². The number of fused-ring (bicyclic) bond motifs is 1. The molecule has 2 aliphatic heterocycles. The van der Waals surface area contributed by atoms with Crippen molar-refractivity contribution in [1.29, 1.82) is 0 Å². The summed E-state index contributed by atoms with van der Waals surface area (Å²) < 4.78 is 7.27. The molecule has 1 aromatic heterocycles. The second-order valence-corrected chi connectivity index (χ2v) is 8.85. The first-order valence-electron chi connectivity index (χ1n) is 10.4. The number of carbonyl (C=O) groups is 2. The molecule has 2 aromatic rings. The minimum absolute atomic E-state index is 0.0791. The number of nitrogens with zero attached hydrogens (tertiary/aromatic N) is 4. The number of benzene rings is 1. The minimum atomic E-state index is -0.427. The van der Waals surface area contributed by atoms with Crippen LogP contribution in [-0.2, 0) is 24.4 Å². The number of likely N-dealkylation sites (tertiary alicyclic amines) is 1. The maximum Gasteiger partial charge on any atom is 0.410 e. The number of halogens is 2. The maximum atomic E-state index is 12.8. The molecule has 2 N–H and O–H groups in total. The molecule has 0 aliphatic carbocycles. The van der Waals surface area contributed by atoms with Crippen LogP contribution in [0.1, 0.15) is 41.0 Å². The van der Waals surface area contributed by atoms with E-state index >= 15 is 0 Å². The highest BCUT2D eigenvalue weighted by molar-refractivity contribution is 6.34. The summed E-state index contributed by atoms with van der Waals surface area (Å²) in [5, 5.41) is 5.48. The fourth-order valence-electron chi connectivity index (χ4n) is 3.92. The minimum Gasteiger partial charge on any atom is -0.445 e. The molecule has 3 heterocycles.